The fourth-order valence-electron chi connectivity index (χ4n) is 2.13. The highest BCUT2D eigenvalue weighted by Gasteiger charge is 2.17. The number of halogens is 2. The van der Waals surface area contributed by atoms with E-state index < -0.39 is 0 Å². The molecule has 2 aromatic heterocycles. The third kappa shape index (κ3) is 2.45. The lowest BCUT2D eigenvalue weighted by Gasteiger charge is -2.08. The van der Waals surface area contributed by atoms with Crippen molar-refractivity contribution in [2.75, 3.05) is 0 Å². The maximum Gasteiger partial charge on any atom is 0.223 e. The highest BCUT2D eigenvalue weighted by atomic mass is 79.9. The van der Waals surface area contributed by atoms with Crippen molar-refractivity contribution in [3.63, 3.8) is 0 Å². The molecule has 20 heavy (non-hydrogen) atoms. The second-order valence-electron chi connectivity index (χ2n) is 4.53. The zero-order valence-electron chi connectivity index (χ0n) is 11.0. The van der Waals surface area contributed by atoms with Gasteiger partial charge in [0.1, 0.15) is 5.82 Å². The van der Waals surface area contributed by atoms with E-state index in [0.29, 0.717) is 18.3 Å². The second kappa shape index (κ2) is 5.18. The standard InChI is InChI=1S/C13H12BrClN4O/c1-7(15)13-17-10-4-3-9(14)5-11(10)19(13)6-12-16-8(2)20-18-12/h3-5,7H,6H2,1-2H3. The van der Waals surface area contributed by atoms with Gasteiger partial charge in [-0.25, -0.2) is 4.98 Å². The molecule has 0 bridgehead atoms. The van der Waals surface area contributed by atoms with E-state index >= 15 is 0 Å². The summed E-state index contributed by atoms with van der Waals surface area (Å²) in [5.74, 6) is 1.95. The first-order chi connectivity index (χ1) is 9.54. The van der Waals surface area contributed by atoms with E-state index in [1.165, 1.54) is 0 Å². The van der Waals surface area contributed by atoms with Crippen molar-refractivity contribution in [2.45, 2.75) is 25.8 Å². The lowest BCUT2D eigenvalue weighted by molar-refractivity contribution is 0.386. The summed E-state index contributed by atoms with van der Waals surface area (Å²) in [4.78, 5) is 8.81. The van der Waals surface area contributed by atoms with Crippen LogP contribution in [-0.4, -0.2) is 19.7 Å². The minimum Gasteiger partial charge on any atom is -0.340 e. The Morgan fingerprint density at radius 3 is 2.85 bits per heavy atom. The Hall–Kier alpha value is -1.40. The predicted molar refractivity (Wildman–Crippen MR) is 79.8 cm³/mol. The molecule has 0 amide bonds. The smallest absolute Gasteiger partial charge is 0.223 e. The van der Waals surface area contributed by atoms with E-state index in [1.807, 2.05) is 29.7 Å². The molecule has 0 aliphatic heterocycles. The van der Waals surface area contributed by atoms with Crippen molar-refractivity contribution >= 4 is 38.6 Å². The van der Waals surface area contributed by atoms with E-state index in [1.54, 1.807) is 6.92 Å². The van der Waals surface area contributed by atoms with Crippen molar-refractivity contribution in [1.82, 2.24) is 19.7 Å². The fourth-order valence-corrected chi connectivity index (χ4v) is 2.65. The highest BCUT2D eigenvalue weighted by molar-refractivity contribution is 9.10. The molecule has 1 atom stereocenters. The molecular formula is C13H12BrClN4O. The van der Waals surface area contributed by atoms with Crippen molar-refractivity contribution in [3.05, 3.63) is 40.2 Å². The Bertz CT molecular complexity index is 765. The number of nitrogens with zero attached hydrogens (tertiary/aromatic N) is 4. The number of imidazole rings is 1. The monoisotopic (exact) mass is 354 g/mol. The average molecular weight is 356 g/mol. The van der Waals surface area contributed by atoms with Gasteiger partial charge in [-0.15, -0.1) is 11.6 Å². The van der Waals surface area contributed by atoms with Crippen LogP contribution in [0, 0.1) is 6.92 Å². The van der Waals surface area contributed by atoms with Gasteiger partial charge < -0.3 is 9.09 Å². The number of aryl methyl sites for hydroxylation is 1. The topological polar surface area (TPSA) is 56.7 Å². The molecule has 1 aromatic carbocycles. The Labute approximate surface area is 129 Å². The van der Waals surface area contributed by atoms with Crippen molar-refractivity contribution in [2.24, 2.45) is 0 Å². The third-order valence-corrected chi connectivity index (χ3v) is 3.65. The van der Waals surface area contributed by atoms with Gasteiger partial charge in [0.2, 0.25) is 5.89 Å². The molecule has 1 unspecified atom stereocenters. The molecule has 0 saturated heterocycles. The molecule has 0 fully saturated rings. The number of fused-ring (bicyclic) bond motifs is 1. The maximum absolute atomic E-state index is 6.23. The normalized spacial score (nSPS) is 13.0. The molecule has 0 aliphatic carbocycles. The summed E-state index contributed by atoms with van der Waals surface area (Å²) >= 11 is 9.71. The first kappa shape index (κ1) is 13.6. The van der Waals surface area contributed by atoms with Crippen molar-refractivity contribution in [1.29, 1.82) is 0 Å². The van der Waals surface area contributed by atoms with E-state index in [4.69, 9.17) is 16.1 Å². The molecule has 5 nitrogen and oxygen atoms in total. The van der Waals surface area contributed by atoms with Crippen LogP contribution >= 0.6 is 27.5 Å². The fraction of sp³-hybridized carbons (Fsp3) is 0.308. The lowest BCUT2D eigenvalue weighted by atomic mass is 10.3. The quantitative estimate of drug-likeness (QED) is 0.670. The third-order valence-electron chi connectivity index (χ3n) is 2.96. The van der Waals surface area contributed by atoms with Gasteiger partial charge in [0.15, 0.2) is 5.82 Å². The van der Waals surface area contributed by atoms with Crippen LogP contribution in [0.5, 0.6) is 0 Å². The number of hydrogen-bond donors (Lipinski definition) is 0. The summed E-state index contributed by atoms with van der Waals surface area (Å²) in [7, 11) is 0. The molecular weight excluding hydrogens is 344 g/mol. The molecule has 0 spiro atoms. The molecule has 0 radical (unpaired) electrons. The highest BCUT2D eigenvalue weighted by Crippen LogP contribution is 2.27. The molecule has 3 rings (SSSR count). The summed E-state index contributed by atoms with van der Waals surface area (Å²) in [5, 5.41) is 3.73. The Balaban J connectivity index is 2.15. The number of rotatable bonds is 3. The van der Waals surface area contributed by atoms with Crippen LogP contribution in [0.4, 0.5) is 0 Å². The molecule has 104 valence electrons. The average Bonchev–Trinajstić information content (AvgIpc) is 2.95. The molecule has 7 heteroatoms. The molecule has 3 aromatic rings. The Morgan fingerprint density at radius 1 is 1.40 bits per heavy atom. The molecule has 0 N–H and O–H groups in total. The van der Waals surface area contributed by atoms with Gasteiger partial charge in [0, 0.05) is 11.4 Å². The van der Waals surface area contributed by atoms with E-state index in [2.05, 4.69) is 31.1 Å². The Morgan fingerprint density at radius 2 is 2.20 bits per heavy atom. The van der Waals surface area contributed by atoms with Crippen molar-refractivity contribution < 1.29 is 4.52 Å². The number of benzene rings is 1. The summed E-state index contributed by atoms with van der Waals surface area (Å²) in [5.41, 5.74) is 1.89. The summed E-state index contributed by atoms with van der Waals surface area (Å²) in [6.45, 7) is 4.15. The number of alkyl halides is 1. The zero-order chi connectivity index (χ0) is 14.3. The van der Waals surface area contributed by atoms with Gasteiger partial charge in [-0.1, -0.05) is 21.1 Å². The first-order valence-corrected chi connectivity index (χ1v) is 7.36. The van der Waals surface area contributed by atoms with Crippen LogP contribution in [0.15, 0.2) is 27.2 Å². The number of aromatic nitrogens is 4. The van der Waals surface area contributed by atoms with Crippen LogP contribution in [0.3, 0.4) is 0 Å². The summed E-state index contributed by atoms with van der Waals surface area (Å²) in [6.07, 6.45) is 0. The maximum atomic E-state index is 6.23. The van der Waals surface area contributed by atoms with Gasteiger partial charge in [0.25, 0.3) is 0 Å². The molecule has 0 saturated carbocycles. The second-order valence-corrected chi connectivity index (χ2v) is 6.11. The minimum absolute atomic E-state index is 0.200. The first-order valence-electron chi connectivity index (χ1n) is 6.13. The van der Waals surface area contributed by atoms with Gasteiger partial charge in [-0.3, -0.25) is 0 Å². The predicted octanol–water partition coefficient (Wildman–Crippen LogP) is 3.84. The lowest BCUT2D eigenvalue weighted by Crippen LogP contribution is -2.07. The van der Waals surface area contributed by atoms with Gasteiger partial charge in [-0.05, 0) is 25.1 Å². The SMILES string of the molecule is Cc1nc(Cn2c(C(C)Cl)nc3ccc(Br)cc32)no1. The summed E-state index contributed by atoms with van der Waals surface area (Å²) in [6, 6.07) is 5.93. The summed E-state index contributed by atoms with van der Waals surface area (Å²) < 4.78 is 8.02. The van der Waals surface area contributed by atoms with Gasteiger partial charge in [-0.2, -0.15) is 4.98 Å². The minimum atomic E-state index is -0.200. The largest absolute Gasteiger partial charge is 0.340 e. The zero-order valence-corrected chi connectivity index (χ0v) is 13.3. The molecule has 0 aliphatic rings. The van der Waals surface area contributed by atoms with Crippen LogP contribution in [0.25, 0.3) is 11.0 Å². The van der Waals surface area contributed by atoms with Gasteiger partial charge >= 0.3 is 0 Å². The van der Waals surface area contributed by atoms with Crippen LogP contribution in [0.1, 0.15) is 29.8 Å². The van der Waals surface area contributed by atoms with E-state index in [9.17, 15) is 0 Å². The Kier molecular flexibility index (Phi) is 3.52. The molecule has 2 heterocycles. The van der Waals surface area contributed by atoms with E-state index in [0.717, 1.165) is 21.3 Å². The van der Waals surface area contributed by atoms with Crippen LogP contribution < -0.4 is 0 Å². The number of hydrogen-bond acceptors (Lipinski definition) is 4. The van der Waals surface area contributed by atoms with E-state index in [-0.39, 0.29) is 5.38 Å². The van der Waals surface area contributed by atoms with Gasteiger partial charge in [0.05, 0.1) is 23.0 Å². The van der Waals surface area contributed by atoms with Crippen molar-refractivity contribution in [3.8, 4) is 0 Å². The van der Waals surface area contributed by atoms with Crippen LogP contribution in [0.2, 0.25) is 0 Å². The van der Waals surface area contributed by atoms with Crippen LogP contribution in [-0.2, 0) is 6.54 Å².